The summed E-state index contributed by atoms with van der Waals surface area (Å²) in [6.45, 7) is 6.20. The molecule has 4 heterocycles. The number of nitrogen functional groups attached to an aromatic ring is 1. The van der Waals surface area contributed by atoms with Gasteiger partial charge < -0.3 is 20.9 Å². The van der Waals surface area contributed by atoms with E-state index in [0.717, 1.165) is 53.0 Å². The summed E-state index contributed by atoms with van der Waals surface area (Å²) < 4.78 is 8.02. The van der Waals surface area contributed by atoms with E-state index in [4.69, 9.17) is 10.5 Å². The summed E-state index contributed by atoms with van der Waals surface area (Å²) in [7, 11) is 0. The lowest BCUT2D eigenvalue weighted by molar-refractivity contribution is -0.127. The number of anilines is 2. The van der Waals surface area contributed by atoms with Crippen LogP contribution >= 0.6 is 11.3 Å². The predicted octanol–water partition coefficient (Wildman–Crippen LogP) is 6.04. The molecule has 0 saturated heterocycles. The number of hydrogen-bond acceptors (Lipinski definition) is 8. The molecule has 6 rings (SSSR count). The number of carboxylic acids is 1. The number of ether oxygens (including phenoxy) is 1. The number of benzene rings is 1. The lowest BCUT2D eigenvalue weighted by Crippen LogP contribution is -2.45. The van der Waals surface area contributed by atoms with Crippen LogP contribution in [-0.4, -0.2) is 36.9 Å². The molecule has 0 bridgehead atoms. The van der Waals surface area contributed by atoms with Crippen molar-refractivity contribution in [2.75, 3.05) is 11.1 Å². The third kappa shape index (κ3) is 4.52. The van der Waals surface area contributed by atoms with Gasteiger partial charge in [0.2, 0.25) is 0 Å². The Balaban J connectivity index is 1.30. The van der Waals surface area contributed by atoms with Crippen LogP contribution in [0.5, 0.6) is 5.75 Å². The van der Waals surface area contributed by atoms with Gasteiger partial charge in [-0.1, -0.05) is 25.8 Å². The number of carbonyl (C=O) groups excluding carboxylic acids is 1. The first-order valence-electron chi connectivity index (χ1n) is 13.2. The first-order valence-corrected chi connectivity index (χ1v) is 14.0. The number of hydrogen-bond donors (Lipinski definition) is 3. The molecule has 39 heavy (non-hydrogen) atoms. The Morgan fingerprint density at radius 1 is 1.13 bits per heavy atom. The fourth-order valence-electron chi connectivity index (χ4n) is 5.69. The molecule has 1 saturated carbocycles. The van der Waals surface area contributed by atoms with Crippen LogP contribution in [0.1, 0.15) is 56.1 Å². The number of carboxylic acid groups (broad SMARTS) is 1. The molecule has 2 aliphatic rings. The van der Waals surface area contributed by atoms with Gasteiger partial charge in [0.15, 0.2) is 18.2 Å². The number of nitrogens with zero attached hydrogens (tertiary/aromatic N) is 3. The van der Waals surface area contributed by atoms with E-state index in [1.54, 1.807) is 6.07 Å². The number of pyridine rings is 1. The van der Waals surface area contributed by atoms with Gasteiger partial charge in [-0.05, 0) is 68.5 Å². The second-order valence-corrected chi connectivity index (χ2v) is 12.2. The molecule has 0 spiro atoms. The number of thiophene rings is 1. The van der Waals surface area contributed by atoms with E-state index in [-0.39, 0.29) is 23.3 Å². The number of nitrogens with two attached hydrogens (primary N) is 1. The zero-order chi connectivity index (χ0) is 27.5. The van der Waals surface area contributed by atoms with Crippen molar-refractivity contribution in [3.8, 4) is 27.6 Å². The van der Waals surface area contributed by atoms with Crippen molar-refractivity contribution in [3.63, 3.8) is 0 Å². The number of Topliss-reactive ketones (excluding diaryl/α,β-unsaturated/α-hetero) is 1. The molecule has 1 aliphatic heterocycles. The summed E-state index contributed by atoms with van der Waals surface area (Å²) in [5.74, 6) is 1.57. The molecule has 0 amide bonds. The lowest BCUT2D eigenvalue weighted by atomic mass is 9.76. The van der Waals surface area contributed by atoms with Gasteiger partial charge in [0.05, 0.1) is 22.3 Å². The molecule has 1 fully saturated rings. The number of nitrogens with one attached hydrogen (secondary N) is 1. The van der Waals surface area contributed by atoms with E-state index >= 15 is 0 Å². The fourth-order valence-corrected chi connectivity index (χ4v) is 6.64. The van der Waals surface area contributed by atoms with Crippen molar-refractivity contribution >= 4 is 45.8 Å². The van der Waals surface area contributed by atoms with E-state index < -0.39 is 11.5 Å². The highest BCUT2D eigenvalue weighted by atomic mass is 32.1. The van der Waals surface area contributed by atoms with Gasteiger partial charge in [-0.15, -0.1) is 11.3 Å². The molecule has 4 N–H and O–H groups in total. The first-order chi connectivity index (χ1) is 18.6. The monoisotopic (exact) mass is 545 g/mol. The van der Waals surface area contributed by atoms with Crippen LogP contribution in [0.2, 0.25) is 0 Å². The van der Waals surface area contributed by atoms with Gasteiger partial charge in [-0.3, -0.25) is 9.36 Å². The van der Waals surface area contributed by atoms with Gasteiger partial charge in [0.25, 0.3) is 0 Å². The van der Waals surface area contributed by atoms with Crippen LogP contribution in [0, 0.1) is 11.8 Å². The van der Waals surface area contributed by atoms with Gasteiger partial charge in [-0.25, -0.2) is 14.8 Å². The average molecular weight is 546 g/mol. The maximum absolute atomic E-state index is 13.4. The van der Waals surface area contributed by atoms with Crippen LogP contribution in [0.15, 0.2) is 36.4 Å². The molecule has 3 aromatic heterocycles. The Hall–Kier alpha value is -3.92. The van der Waals surface area contributed by atoms with Crippen LogP contribution < -0.4 is 15.8 Å². The highest BCUT2D eigenvalue weighted by Crippen LogP contribution is 2.42. The molecule has 1 aliphatic carbocycles. The molecule has 202 valence electrons. The number of aromatic carboxylic acids is 1. The van der Waals surface area contributed by atoms with Crippen LogP contribution in [-0.2, 0) is 11.5 Å². The zero-order valence-corrected chi connectivity index (χ0v) is 23.0. The number of imidazole rings is 1. The van der Waals surface area contributed by atoms with E-state index in [1.807, 2.05) is 48.7 Å². The summed E-state index contributed by atoms with van der Waals surface area (Å²) in [6, 6.07) is 11.2. The average Bonchev–Trinajstić information content (AvgIpc) is 3.49. The number of ketones is 1. The van der Waals surface area contributed by atoms with Crippen LogP contribution in [0.4, 0.5) is 11.5 Å². The highest BCUT2D eigenvalue weighted by molar-refractivity contribution is 7.18. The summed E-state index contributed by atoms with van der Waals surface area (Å²) in [5, 5.41) is 13.2. The molecule has 9 nitrogen and oxygen atoms in total. The molecule has 4 aromatic rings. The molecule has 0 radical (unpaired) electrons. The lowest BCUT2D eigenvalue weighted by Gasteiger charge is -2.33. The topological polar surface area (TPSA) is 132 Å². The fraction of sp³-hybridized carbons (Fsp3) is 0.379. The Bertz CT molecular complexity index is 1610. The summed E-state index contributed by atoms with van der Waals surface area (Å²) in [4.78, 5) is 35.5. The van der Waals surface area contributed by atoms with Gasteiger partial charge in [-0.2, -0.15) is 0 Å². The Labute approximate surface area is 230 Å². The van der Waals surface area contributed by atoms with E-state index in [1.165, 1.54) is 11.3 Å². The third-order valence-electron chi connectivity index (χ3n) is 7.87. The molecular weight excluding hydrogens is 514 g/mol. The second-order valence-electron chi connectivity index (χ2n) is 11.2. The number of fused-ring (bicyclic) bond motifs is 5. The Kier molecular flexibility index (Phi) is 6.10. The predicted molar refractivity (Wildman–Crippen MR) is 152 cm³/mol. The van der Waals surface area contributed by atoms with Crippen molar-refractivity contribution in [2.45, 2.75) is 58.7 Å². The molecule has 0 atom stereocenters. The van der Waals surface area contributed by atoms with E-state index in [0.29, 0.717) is 28.8 Å². The highest BCUT2D eigenvalue weighted by Gasteiger charge is 2.36. The van der Waals surface area contributed by atoms with Crippen LogP contribution in [0.25, 0.3) is 33.0 Å². The second kappa shape index (κ2) is 9.37. The normalized spacial score (nSPS) is 18.7. The summed E-state index contributed by atoms with van der Waals surface area (Å²) in [5.41, 5.74) is 8.46. The Morgan fingerprint density at radius 2 is 1.90 bits per heavy atom. The minimum absolute atomic E-state index is 0.00345. The number of aromatic nitrogens is 3. The quantitative estimate of drug-likeness (QED) is 0.267. The minimum atomic E-state index is -1.03. The summed E-state index contributed by atoms with van der Waals surface area (Å²) in [6.07, 6.45) is 3.88. The zero-order valence-electron chi connectivity index (χ0n) is 22.2. The maximum atomic E-state index is 13.4. The van der Waals surface area contributed by atoms with Gasteiger partial charge in [0, 0.05) is 10.8 Å². The summed E-state index contributed by atoms with van der Waals surface area (Å²) >= 11 is 1.18. The molecule has 1 aromatic carbocycles. The third-order valence-corrected chi connectivity index (χ3v) is 9.04. The van der Waals surface area contributed by atoms with Crippen LogP contribution in [0.3, 0.4) is 0 Å². The van der Waals surface area contributed by atoms with Crippen molar-refractivity contribution in [1.29, 1.82) is 0 Å². The molecule has 10 heteroatoms. The van der Waals surface area contributed by atoms with Crippen molar-refractivity contribution in [1.82, 2.24) is 14.5 Å². The Morgan fingerprint density at radius 3 is 2.64 bits per heavy atom. The van der Waals surface area contributed by atoms with Gasteiger partial charge >= 0.3 is 5.97 Å². The smallest absolute Gasteiger partial charge is 0.348 e. The van der Waals surface area contributed by atoms with E-state index in [2.05, 4.69) is 22.2 Å². The number of carbonyl (C=O) groups is 2. The minimum Gasteiger partial charge on any atom is -0.477 e. The SMILES string of the molecule is CC1CCC(C(=O)C(C)(C)Nc2cc(-c3ccc4c(c3)OCn3c-4nc4nc(N)ccc43)sc2C(=O)O)CC1. The maximum Gasteiger partial charge on any atom is 0.348 e. The van der Waals surface area contributed by atoms with Gasteiger partial charge in [0.1, 0.15) is 22.3 Å². The molecule has 0 unspecified atom stereocenters. The van der Waals surface area contributed by atoms with Crippen molar-refractivity contribution in [3.05, 3.63) is 41.3 Å². The molecular formula is C29H31N5O4S. The largest absolute Gasteiger partial charge is 0.477 e. The van der Waals surface area contributed by atoms with Crippen molar-refractivity contribution < 1.29 is 19.4 Å². The number of rotatable bonds is 6. The first kappa shape index (κ1) is 25.4. The van der Waals surface area contributed by atoms with Crippen molar-refractivity contribution in [2.24, 2.45) is 11.8 Å². The standard InChI is InChI=1S/C29H31N5O4S/c1-15-4-6-16(7-5-15)25(35)29(2,3)33-19-13-22(39-24(19)28(36)37)17-8-9-18-21(12-17)38-14-34-20-10-11-23(30)31-26(20)32-27(18)34/h8-13,15-16,33H,4-7,14H2,1-3H3,(H2,30,31)(H,36,37). The van der Waals surface area contributed by atoms with E-state index in [9.17, 15) is 14.7 Å².